The average molecular weight is 474 g/mol. The number of rotatable bonds is 4. The summed E-state index contributed by atoms with van der Waals surface area (Å²) in [5.41, 5.74) is -0.359. The highest BCUT2D eigenvalue weighted by molar-refractivity contribution is 6.31. The molecule has 1 amide bonds. The summed E-state index contributed by atoms with van der Waals surface area (Å²) >= 11 is 5.62. The van der Waals surface area contributed by atoms with Gasteiger partial charge in [-0.25, -0.2) is 4.98 Å². The topological polar surface area (TPSA) is 84.2 Å². The van der Waals surface area contributed by atoms with E-state index in [1.54, 1.807) is 30.3 Å². The molecule has 2 heterocycles. The highest BCUT2D eigenvalue weighted by Crippen LogP contribution is 2.35. The third-order valence-electron chi connectivity index (χ3n) is 4.91. The number of nitrogens with one attached hydrogen (secondary N) is 1. The molecule has 33 heavy (non-hydrogen) atoms. The fourth-order valence-corrected chi connectivity index (χ4v) is 3.59. The Bertz CT molecular complexity index is 1260. The van der Waals surface area contributed by atoms with Crippen LogP contribution in [0, 0.1) is 11.3 Å². The van der Waals surface area contributed by atoms with Crippen LogP contribution in [0.1, 0.15) is 27.2 Å². The Balaban J connectivity index is 1.48. The van der Waals surface area contributed by atoms with Crippen LogP contribution in [0.2, 0.25) is 5.02 Å². The third kappa shape index (κ3) is 5.02. The molecule has 1 atom stereocenters. The van der Waals surface area contributed by atoms with Crippen molar-refractivity contribution in [2.24, 2.45) is 0 Å². The monoisotopic (exact) mass is 473 g/mol. The number of carbonyl (C=O) groups is 1. The van der Waals surface area contributed by atoms with Gasteiger partial charge in [-0.1, -0.05) is 11.6 Å². The summed E-state index contributed by atoms with van der Waals surface area (Å²) in [5, 5.41) is 11.4. The molecule has 10 heteroatoms. The smallest absolute Gasteiger partial charge is 0.417 e. The summed E-state index contributed by atoms with van der Waals surface area (Å²) in [7, 11) is 0. The van der Waals surface area contributed by atoms with Gasteiger partial charge in [0.05, 0.1) is 16.6 Å². The van der Waals surface area contributed by atoms with E-state index in [2.05, 4.69) is 10.3 Å². The highest BCUT2D eigenvalue weighted by Gasteiger charge is 2.34. The Morgan fingerprint density at radius 2 is 2.06 bits per heavy atom. The van der Waals surface area contributed by atoms with Crippen molar-refractivity contribution >= 4 is 17.5 Å². The largest absolute Gasteiger partial charge is 0.491 e. The molecule has 0 saturated carbocycles. The maximum absolute atomic E-state index is 13.1. The van der Waals surface area contributed by atoms with Crippen LogP contribution in [0.4, 0.5) is 13.2 Å². The molecule has 6 nitrogen and oxygen atoms in total. The number of hydrogen-bond donors (Lipinski definition) is 1. The SMILES string of the molecule is N#Cc1ncccc1Oc1ccc2c(c1)CC(NC(=O)c1ccc(Cl)c(C(F)(F)F)c1)CO2. The fourth-order valence-electron chi connectivity index (χ4n) is 3.36. The number of nitriles is 1. The van der Waals surface area contributed by atoms with E-state index in [4.69, 9.17) is 26.3 Å². The highest BCUT2D eigenvalue weighted by atomic mass is 35.5. The van der Waals surface area contributed by atoms with E-state index < -0.39 is 28.7 Å². The van der Waals surface area contributed by atoms with Gasteiger partial charge in [-0.2, -0.15) is 18.4 Å². The second-order valence-electron chi connectivity index (χ2n) is 7.21. The second-order valence-corrected chi connectivity index (χ2v) is 7.62. The zero-order valence-corrected chi connectivity index (χ0v) is 17.6. The van der Waals surface area contributed by atoms with Crippen LogP contribution < -0.4 is 14.8 Å². The number of halogens is 4. The molecule has 0 spiro atoms. The van der Waals surface area contributed by atoms with Crippen molar-refractivity contribution in [3.63, 3.8) is 0 Å². The lowest BCUT2D eigenvalue weighted by atomic mass is 10.0. The van der Waals surface area contributed by atoms with Crippen molar-refractivity contribution < 1.29 is 27.4 Å². The number of aromatic nitrogens is 1. The Labute approximate surface area is 191 Å². The summed E-state index contributed by atoms with van der Waals surface area (Å²) in [5.74, 6) is 0.673. The van der Waals surface area contributed by atoms with E-state index in [1.165, 1.54) is 12.3 Å². The van der Waals surface area contributed by atoms with Crippen LogP contribution in [0.25, 0.3) is 0 Å². The molecule has 168 valence electrons. The van der Waals surface area contributed by atoms with Crippen LogP contribution in [0.3, 0.4) is 0 Å². The van der Waals surface area contributed by atoms with Gasteiger partial charge in [-0.05, 0) is 60.5 Å². The zero-order chi connectivity index (χ0) is 23.6. The van der Waals surface area contributed by atoms with E-state index in [1.807, 2.05) is 6.07 Å². The Morgan fingerprint density at radius 3 is 2.82 bits per heavy atom. The summed E-state index contributed by atoms with van der Waals surface area (Å²) in [6, 6.07) is 12.8. The average Bonchev–Trinajstić information content (AvgIpc) is 2.78. The number of amides is 1. The quantitative estimate of drug-likeness (QED) is 0.566. The molecule has 1 unspecified atom stereocenters. The van der Waals surface area contributed by atoms with Crippen molar-refractivity contribution in [3.8, 4) is 23.3 Å². The molecule has 2 aromatic carbocycles. The summed E-state index contributed by atoms with van der Waals surface area (Å²) in [6.45, 7) is 0.153. The van der Waals surface area contributed by atoms with Crippen molar-refractivity contribution in [1.82, 2.24) is 10.3 Å². The Morgan fingerprint density at radius 1 is 1.24 bits per heavy atom. The van der Waals surface area contributed by atoms with Gasteiger partial charge in [0.25, 0.3) is 5.91 Å². The number of nitrogens with zero attached hydrogens (tertiary/aromatic N) is 2. The number of hydrogen-bond acceptors (Lipinski definition) is 5. The second kappa shape index (κ2) is 9.00. The first-order chi connectivity index (χ1) is 15.7. The standard InChI is InChI=1S/C23H15ClF3N3O3/c24-18-5-3-13(10-17(18)23(25,26)27)22(31)30-15-8-14-9-16(4-6-20(14)32-12-15)33-21-2-1-7-29-19(21)11-28/h1-7,9-10,15H,8,12H2,(H,30,31). The van der Waals surface area contributed by atoms with Gasteiger partial charge in [-0.3, -0.25) is 4.79 Å². The molecule has 4 rings (SSSR count). The molecule has 1 aromatic heterocycles. The Kier molecular flexibility index (Phi) is 6.11. The maximum Gasteiger partial charge on any atom is 0.417 e. The number of carbonyl (C=O) groups excluding carboxylic acids is 1. The third-order valence-corrected chi connectivity index (χ3v) is 5.24. The van der Waals surface area contributed by atoms with E-state index >= 15 is 0 Å². The predicted molar refractivity (Wildman–Crippen MR) is 112 cm³/mol. The number of benzene rings is 2. The molecular weight excluding hydrogens is 459 g/mol. The molecule has 1 N–H and O–H groups in total. The van der Waals surface area contributed by atoms with Gasteiger partial charge in [0.2, 0.25) is 0 Å². The van der Waals surface area contributed by atoms with Gasteiger partial charge < -0.3 is 14.8 Å². The van der Waals surface area contributed by atoms with E-state index in [-0.39, 0.29) is 17.9 Å². The molecule has 1 aliphatic rings. The molecule has 0 radical (unpaired) electrons. The van der Waals surface area contributed by atoms with Crippen LogP contribution in [-0.2, 0) is 12.6 Å². The minimum Gasteiger partial charge on any atom is -0.491 e. The lowest BCUT2D eigenvalue weighted by Crippen LogP contribution is -2.42. The lowest BCUT2D eigenvalue weighted by molar-refractivity contribution is -0.137. The number of fused-ring (bicyclic) bond motifs is 1. The first kappa shape index (κ1) is 22.4. The summed E-state index contributed by atoms with van der Waals surface area (Å²) in [4.78, 5) is 16.5. The van der Waals surface area contributed by atoms with E-state index in [0.717, 1.165) is 17.7 Å². The minimum atomic E-state index is -4.67. The molecule has 0 aliphatic carbocycles. The predicted octanol–water partition coefficient (Wildman–Crippen LogP) is 5.15. The van der Waals surface area contributed by atoms with Gasteiger partial charge in [0, 0.05) is 11.8 Å². The van der Waals surface area contributed by atoms with Gasteiger partial charge >= 0.3 is 6.18 Å². The van der Waals surface area contributed by atoms with Gasteiger partial charge in [0.1, 0.15) is 24.2 Å². The van der Waals surface area contributed by atoms with Crippen LogP contribution in [-0.4, -0.2) is 23.5 Å². The number of pyridine rings is 1. The van der Waals surface area contributed by atoms with Crippen molar-refractivity contribution in [2.45, 2.75) is 18.6 Å². The lowest BCUT2D eigenvalue weighted by Gasteiger charge is -2.26. The molecule has 0 fully saturated rings. The molecule has 3 aromatic rings. The molecular formula is C23H15ClF3N3O3. The summed E-state index contributed by atoms with van der Waals surface area (Å²) in [6.07, 6.45) is -2.82. The van der Waals surface area contributed by atoms with Crippen LogP contribution in [0.15, 0.2) is 54.7 Å². The van der Waals surface area contributed by atoms with Crippen LogP contribution in [0.5, 0.6) is 17.2 Å². The van der Waals surface area contributed by atoms with Crippen molar-refractivity contribution in [1.29, 1.82) is 5.26 Å². The summed E-state index contributed by atoms with van der Waals surface area (Å²) < 4.78 is 50.7. The van der Waals surface area contributed by atoms with E-state index in [9.17, 15) is 18.0 Å². The first-order valence-corrected chi connectivity index (χ1v) is 10.1. The molecule has 0 saturated heterocycles. The normalized spacial score (nSPS) is 15.1. The maximum atomic E-state index is 13.1. The van der Waals surface area contributed by atoms with Crippen LogP contribution >= 0.6 is 11.6 Å². The zero-order valence-electron chi connectivity index (χ0n) is 16.8. The van der Waals surface area contributed by atoms with Crippen molar-refractivity contribution in [2.75, 3.05) is 6.61 Å². The van der Waals surface area contributed by atoms with Gasteiger partial charge in [0.15, 0.2) is 11.4 Å². The van der Waals surface area contributed by atoms with Crippen molar-refractivity contribution in [3.05, 3.63) is 82.1 Å². The molecule has 0 bridgehead atoms. The van der Waals surface area contributed by atoms with E-state index in [0.29, 0.717) is 23.7 Å². The fraction of sp³-hybridized carbons (Fsp3) is 0.174. The molecule has 1 aliphatic heterocycles. The number of ether oxygens (including phenoxy) is 2. The Hall–Kier alpha value is -3.77. The minimum absolute atomic E-state index is 0.137. The number of alkyl halides is 3. The van der Waals surface area contributed by atoms with Gasteiger partial charge in [-0.15, -0.1) is 0 Å². The first-order valence-electron chi connectivity index (χ1n) is 9.71.